The van der Waals surface area contributed by atoms with E-state index in [9.17, 15) is 9.90 Å². The van der Waals surface area contributed by atoms with Crippen molar-refractivity contribution in [1.82, 2.24) is 19.7 Å². The van der Waals surface area contributed by atoms with Gasteiger partial charge in [-0.3, -0.25) is 4.98 Å². The Morgan fingerprint density at radius 1 is 1.18 bits per heavy atom. The van der Waals surface area contributed by atoms with Crippen LogP contribution in [0.5, 0.6) is 0 Å². The molecule has 0 amide bonds. The molecule has 0 saturated carbocycles. The topological polar surface area (TPSA) is 80.9 Å². The van der Waals surface area contributed by atoms with Gasteiger partial charge in [-0.25, -0.2) is 14.5 Å². The number of aromatic carboxylic acids is 1. The van der Waals surface area contributed by atoms with Crippen LogP contribution in [0.4, 0.5) is 0 Å². The lowest BCUT2D eigenvalue weighted by Gasteiger charge is -2.14. The van der Waals surface area contributed by atoms with Crippen LogP contribution in [-0.2, 0) is 0 Å². The van der Waals surface area contributed by atoms with E-state index in [1.165, 1.54) is 23.4 Å². The zero-order chi connectivity index (χ0) is 15.5. The summed E-state index contributed by atoms with van der Waals surface area (Å²) in [4.78, 5) is 19.4. The summed E-state index contributed by atoms with van der Waals surface area (Å²) in [6.07, 6.45) is 11.6. The van der Waals surface area contributed by atoms with Gasteiger partial charge >= 0.3 is 5.97 Å². The summed E-state index contributed by atoms with van der Waals surface area (Å²) in [6, 6.07) is 6.61. The summed E-state index contributed by atoms with van der Waals surface area (Å²) in [5.74, 6) is 1.52. The van der Waals surface area contributed by atoms with Gasteiger partial charge in [0.15, 0.2) is 0 Å². The molecule has 0 radical (unpaired) electrons. The van der Waals surface area contributed by atoms with E-state index in [0.29, 0.717) is 16.8 Å². The first-order chi connectivity index (χ1) is 10.7. The number of pyridine rings is 1. The van der Waals surface area contributed by atoms with Crippen LogP contribution in [-0.4, -0.2) is 30.8 Å². The van der Waals surface area contributed by atoms with Gasteiger partial charge in [0, 0.05) is 23.5 Å². The molecule has 0 fully saturated rings. The third kappa shape index (κ3) is 2.21. The smallest absolute Gasteiger partial charge is 0.337 e. The average Bonchev–Trinajstić information content (AvgIpc) is 3.08. The van der Waals surface area contributed by atoms with Crippen molar-refractivity contribution in [1.29, 1.82) is 0 Å². The molecule has 6 heteroatoms. The molecular formula is C16H10N4O2. The molecule has 2 heterocycles. The SMILES string of the molecule is C#Cc1ccc(C(=O)O)c(-n2cncn2)c1-c1ccncc1. The first-order valence-electron chi connectivity index (χ1n) is 6.34. The minimum absolute atomic E-state index is 0.0938. The summed E-state index contributed by atoms with van der Waals surface area (Å²) in [5.41, 5.74) is 2.41. The van der Waals surface area contributed by atoms with Crippen LogP contribution in [0.2, 0.25) is 0 Å². The highest BCUT2D eigenvalue weighted by Gasteiger charge is 2.20. The monoisotopic (exact) mass is 290 g/mol. The van der Waals surface area contributed by atoms with Crippen LogP contribution in [0, 0.1) is 12.3 Å². The molecule has 1 aromatic carbocycles. The van der Waals surface area contributed by atoms with Crippen LogP contribution in [0.25, 0.3) is 16.8 Å². The number of hydrogen-bond acceptors (Lipinski definition) is 4. The van der Waals surface area contributed by atoms with Gasteiger partial charge in [-0.2, -0.15) is 5.10 Å². The molecule has 2 aromatic heterocycles. The number of rotatable bonds is 3. The second-order valence-electron chi connectivity index (χ2n) is 4.41. The number of carboxylic acids is 1. The standard InChI is InChI=1S/C16H10N4O2/c1-2-11-3-4-13(16(21)22)15(20-10-18-9-19-20)14(11)12-5-7-17-8-6-12/h1,3-10H,(H,21,22). The van der Waals surface area contributed by atoms with Gasteiger partial charge in [0.2, 0.25) is 0 Å². The van der Waals surface area contributed by atoms with Crippen LogP contribution < -0.4 is 0 Å². The Hall–Kier alpha value is -3.46. The predicted molar refractivity (Wildman–Crippen MR) is 79.5 cm³/mol. The fourth-order valence-electron chi connectivity index (χ4n) is 2.26. The van der Waals surface area contributed by atoms with Crippen molar-refractivity contribution >= 4 is 5.97 Å². The highest BCUT2D eigenvalue weighted by molar-refractivity contribution is 5.97. The van der Waals surface area contributed by atoms with E-state index in [0.717, 1.165) is 5.56 Å². The van der Waals surface area contributed by atoms with Gasteiger partial charge < -0.3 is 5.11 Å². The molecule has 0 spiro atoms. The molecule has 0 aliphatic rings. The number of nitrogens with zero attached hydrogens (tertiary/aromatic N) is 4. The maximum absolute atomic E-state index is 11.6. The zero-order valence-electron chi connectivity index (χ0n) is 11.3. The lowest BCUT2D eigenvalue weighted by atomic mass is 9.95. The highest BCUT2D eigenvalue weighted by Crippen LogP contribution is 2.32. The molecule has 0 aliphatic heterocycles. The molecule has 0 unspecified atom stereocenters. The summed E-state index contributed by atoms with van der Waals surface area (Å²) in [6.45, 7) is 0. The van der Waals surface area contributed by atoms with Crippen molar-refractivity contribution < 1.29 is 9.90 Å². The number of carboxylic acid groups (broad SMARTS) is 1. The normalized spacial score (nSPS) is 10.1. The van der Waals surface area contributed by atoms with Crippen LogP contribution >= 0.6 is 0 Å². The first kappa shape index (κ1) is 13.5. The third-order valence-electron chi connectivity index (χ3n) is 3.18. The van der Waals surface area contributed by atoms with Crippen molar-refractivity contribution in [3.8, 4) is 29.2 Å². The Kier molecular flexibility index (Phi) is 3.38. The predicted octanol–water partition coefficient (Wildman–Crippen LogP) is 2.01. The van der Waals surface area contributed by atoms with Gasteiger partial charge in [0.1, 0.15) is 12.7 Å². The van der Waals surface area contributed by atoms with E-state index < -0.39 is 5.97 Å². The Labute approximate surface area is 126 Å². The summed E-state index contributed by atoms with van der Waals surface area (Å²) >= 11 is 0. The maximum atomic E-state index is 11.6. The molecule has 1 N–H and O–H groups in total. The first-order valence-corrected chi connectivity index (χ1v) is 6.34. The Balaban J connectivity index is 2.42. The molecule has 3 aromatic rings. The van der Waals surface area contributed by atoms with Crippen molar-refractivity contribution in [3.05, 3.63) is 60.4 Å². The minimum Gasteiger partial charge on any atom is -0.478 e. The van der Waals surface area contributed by atoms with Gasteiger partial charge in [-0.1, -0.05) is 5.92 Å². The Morgan fingerprint density at radius 3 is 2.55 bits per heavy atom. The van der Waals surface area contributed by atoms with Crippen molar-refractivity contribution in [3.63, 3.8) is 0 Å². The molecule has 0 bridgehead atoms. The fourth-order valence-corrected chi connectivity index (χ4v) is 2.26. The molecule has 0 atom stereocenters. The second-order valence-corrected chi connectivity index (χ2v) is 4.41. The van der Waals surface area contributed by atoms with E-state index in [-0.39, 0.29) is 5.56 Å². The number of aromatic nitrogens is 4. The molecule has 3 rings (SSSR count). The van der Waals surface area contributed by atoms with E-state index in [1.54, 1.807) is 30.6 Å². The Morgan fingerprint density at radius 2 is 1.95 bits per heavy atom. The van der Waals surface area contributed by atoms with Crippen LogP contribution in [0.3, 0.4) is 0 Å². The Bertz CT molecular complexity index is 865. The van der Waals surface area contributed by atoms with Crippen LogP contribution in [0.15, 0.2) is 49.3 Å². The fraction of sp³-hybridized carbons (Fsp3) is 0. The quantitative estimate of drug-likeness (QED) is 0.746. The molecule has 0 aliphatic carbocycles. The second kappa shape index (κ2) is 5.50. The largest absolute Gasteiger partial charge is 0.478 e. The molecular weight excluding hydrogens is 280 g/mol. The lowest BCUT2D eigenvalue weighted by Crippen LogP contribution is -2.09. The number of carbonyl (C=O) groups is 1. The zero-order valence-corrected chi connectivity index (χ0v) is 11.3. The van der Waals surface area contributed by atoms with E-state index in [4.69, 9.17) is 6.42 Å². The molecule has 106 valence electrons. The summed E-state index contributed by atoms with van der Waals surface area (Å²) < 4.78 is 1.40. The summed E-state index contributed by atoms with van der Waals surface area (Å²) in [7, 11) is 0. The minimum atomic E-state index is -1.07. The van der Waals surface area contributed by atoms with Gasteiger partial charge in [-0.05, 0) is 29.8 Å². The highest BCUT2D eigenvalue weighted by atomic mass is 16.4. The van der Waals surface area contributed by atoms with Gasteiger partial charge in [0.05, 0.1) is 11.3 Å². The average molecular weight is 290 g/mol. The lowest BCUT2D eigenvalue weighted by molar-refractivity contribution is 0.0697. The number of benzene rings is 1. The molecule has 0 saturated heterocycles. The third-order valence-corrected chi connectivity index (χ3v) is 3.18. The van der Waals surface area contributed by atoms with Gasteiger partial charge in [0.25, 0.3) is 0 Å². The van der Waals surface area contributed by atoms with Gasteiger partial charge in [-0.15, -0.1) is 6.42 Å². The van der Waals surface area contributed by atoms with Crippen molar-refractivity contribution in [2.45, 2.75) is 0 Å². The maximum Gasteiger partial charge on any atom is 0.337 e. The van der Waals surface area contributed by atoms with E-state index >= 15 is 0 Å². The summed E-state index contributed by atoms with van der Waals surface area (Å²) in [5, 5.41) is 13.5. The molecule has 22 heavy (non-hydrogen) atoms. The van der Waals surface area contributed by atoms with E-state index in [2.05, 4.69) is 21.0 Å². The molecule has 6 nitrogen and oxygen atoms in total. The van der Waals surface area contributed by atoms with E-state index in [1.807, 2.05) is 0 Å². The van der Waals surface area contributed by atoms with Crippen molar-refractivity contribution in [2.75, 3.05) is 0 Å². The van der Waals surface area contributed by atoms with Crippen molar-refractivity contribution in [2.24, 2.45) is 0 Å². The number of terminal acetylenes is 1. The van der Waals surface area contributed by atoms with Crippen LogP contribution in [0.1, 0.15) is 15.9 Å². The number of hydrogen-bond donors (Lipinski definition) is 1.